The van der Waals surface area contributed by atoms with Crippen molar-refractivity contribution in [2.24, 2.45) is 0 Å². The van der Waals surface area contributed by atoms with Crippen LogP contribution in [0.25, 0.3) is 5.69 Å². The third-order valence-corrected chi connectivity index (χ3v) is 5.41. The minimum atomic E-state index is -0.520. The van der Waals surface area contributed by atoms with Gasteiger partial charge in [0.15, 0.2) is 0 Å². The molecule has 1 aromatic heterocycles. The van der Waals surface area contributed by atoms with Crippen LogP contribution >= 0.6 is 11.6 Å². The van der Waals surface area contributed by atoms with E-state index < -0.39 is 5.82 Å². The predicted molar refractivity (Wildman–Crippen MR) is 117 cm³/mol. The molecule has 1 N–H and O–H groups in total. The highest BCUT2D eigenvalue weighted by atomic mass is 35.5. The monoisotopic (exact) mass is 444 g/mol. The number of anilines is 2. The van der Waals surface area contributed by atoms with Crippen LogP contribution < -0.4 is 15.0 Å². The Hall–Kier alpha value is -3.33. The molecule has 162 valence electrons. The Balaban J connectivity index is 1.40. The molecular weight excluding hydrogens is 423 g/mol. The van der Waals surface area contributed by atoms with Gasteiger partial charge in [-0.25, -0.2) is 18.9 Å². The number of aromatic nitrogens is 3. The average Bonchev–Trinajstić information content (AvgIpc) is 3.22. The van der Waals surface area contributed by atoms with Gasteiger partial charge in [-0.15, -0.1) is 0 Å². The van der Waals surface area contributed by atoms with E-state index in [4.69, 9.17) is 16.3 Å². The summed E-state index contributed by atoms with van der Waals surface area (Å²) >= 11 is 5.78. The molecule has 0 unspecified atom stereocenters. The Labute approximate surface area is 184 Å². The highest BCUT2D eigenvalue weighted by Crippen LogP contribution is 2.29. The molecular formula is C21H22ClFN6O2. The molecule has 0 saturated carbocycles. The standard InChI is InChI=1S/C21H22ClFN6O2/c1-14-24-13-29(26-14)19-6-4-16(12-20(19)31-2)27-7-9-28(10-8-27)21(30)25-15-3-5-18(23)17(22)11-15/h3-6,11-13H,7-10H2,1-2H3,(H,25,30). The second-order valence-corrected chi connectivity index (χ2v) is 7.53. The maximum absolute atomic E-state index is 13.3. The zero-order valence-electron chi connectivity index (χ0n) is 17.2. The number of piperazine rings is 1. The number of nitrogens with zero attached hydrogens (tertiary/aromatic N) is 5. The van der Waals surface area contributed by atoms with Crippen LogP contribution in [0.3, 0.4) is 0 Å². The Morgan fingerprint density at radius 3 is 2.58 bits per heavy atom. The van der Waals surface area contributed by atoms with Crippen molar-refractivity contribution in [1.82, 2.24) is 19.7 Å². The van der Waals surface area contributed by atoms with E-state index in [0.29, 0.717) is 43.4 Å². The summed E-state index contributed by atoms with van der Waals surface area (Å²) in [6, 6.07) is 9.78. The lowest BCUT2D eigenvalue weighted by molar-refractivity contribution is 0.208. The zero-order chi connectivity index (χ0) is 22.0. The first-order valence-electron chi connectivity index (χ1n) is 9.77. The lowest BCUT2D eigenvalue weighted by Crippen LogP contribution is -2.50. The Bertz CT molecular complexity index is 1100. The molecule has 4 rings (SSSR count). The average molecular weight is 445 g/mol. The summed E-state index contributed by atoms with van der Waals surface area (Å²) < 4.78 is 20.5. The number of nitrogens with one attached hydrogen (secondary N) is 1. The van der Waals surface area contributed by atoms with E-state index in [0.717, 1.165) is 11.4 Å². The lowest BCUT2D eigenvalue weighted by atomic mass is 10.2. The van der Waals surface area contributed by atoms with Gasteiger partial charge in [0.2, 0.25) is 0 Å². The van der Waals surface area contributed by atoms with Gasteiger partial charge < -0.3 is 19.9 Å². The summed E-state index contributed by atoms with van der Waals surface area (Å²) in [5.41, 5.74) is 2.27. The number of aryl methyl sites for hydroxylation is 1. The topological polar surface area (TPSA) is 75.5 Å². The van der Waals surface area contributed by atoms with Crippen LogP contribution in [0.4, 0.5) is 20.6 Å². The quantitative estimate of drug-likeness (QED) is 0.663. The molecule has 0 spiro atoms. The van der Waals surface area contributed by atoms with Gasteiger partial charge in [-0.3, -0.25) is 0 Å². The van der Waals surface area contributed by atoms with Gasteiger partial charge in [-0.05, 0) is 37.3 Å². The number of ether oxygens (including phenoxy) is 1. The van der Waals surface area contributed by atoms with E-state index in [9.17, 15) is 9.18 Å². The van der Waals surface area contributed by atoms with Crippen LogP contribution in [0.15, 0.2) is 42.7 Å². The van der Waals surface area contributed by atoms with Gasteiger partial charge in [-0.2, -0.15) is 5.10 Å². The Morgan fingerprint density at radius 2 is 1.94 bits per heavy atom. The summed E-state index contributed by atoms with van der Waals surface area (Å²) in [7, 11) is 1.62. The highest BCUT2D eigenvalue weighted by Gasteiger charge is 2.22. The van der Waals surface area contributed by atoms with Crippen molar-refractivity contribution in [2.45, 2.75) is 6.92 Å². The third-order valence-electron chi connectivity index (χ3n) is 5.12. The minimum absolute atomic E-state index is 0.0268. The fourth-order valence-corrected chi connectivity index (χ4v) is 3.64. The lowest BCUT2D eigenvalue weighted by Gasteiger charge is -2.36. The smallest absolute Gasteiger partial charge is 0.321 e. The molecule has 2 heterocycles. The SMILES string of the molecule is COc1cc(N2CCN(C(=O)Nc3ccc(F)c(Cl)c3)CC2)ccc1-n1cnc(C)n1. The van der Waals surface area contributed by atoms with Gasteiger partial charge in [-0.1, -0.05) is 11.6 Å². The number of carbonyl (C=O) groups excluding carboxylic acids is 1. The first-order chi connectivity index (χ1) is 14.9. The molecule has 10 heteroatoms. The molecule has 31 heavy (non-hydrogen) atoms. The third kappa shape index (κ3) is 4.56. The van der Waals surface area contributed by atoms with E-state index in [2.05, 4.69) is 20.3 Å². The van der Waals surface area contributed by atoms with E-state index in [1.807, 2.05) is 25.1 Å². The van der Waals surface area contributed by atoms with E-state index in [-0.39, 0.29) is 11.1 Å². The maximum Gasteiger partial charge on any atom is 0.321 e. The van der Waals surface area contributed by atoms with Gasteiger partial charge in [0, 0.05) is 43.6 Å². The van der Waals surface area contributed by atoms with Crippen LogP contribution in [0.1, 0.15) is 5.82 Å². The number of benzene rings is 2. The summed E-state index contributed by atoms with van der Waals surface area (Å²) in [6.07, 6.45) is 1.65. The summed E-state index contributed by atoms with van der Waals surface area (Å²) in [4.78, 5) is 20.6. The van der Waals surface area contributed by atoms with Crippen molar-refractivity contribution in [3.63, 3.8) is 0 Å². The number of carbonyl (C=O) groups is 1. The van der Waals surface area contributed by atoms with Crippen LogP contribution in [-0.4, -0.2) is 59.0 Å². The number of rotatable bonds is 4. The molecule has 1 fully saturated rings. The molecule has 1 aliphatic rings. The number of amides is 2. The van der Waals surface area contributed by atoms with Crippen LogP contribution in [-0.2, 0) is 0 Å². The fourth-order valence-electron chi connectivity index (χ4n) is 3.46. The molecule has 1 saturated heterocycles. The van der Waals surface area contributed by atoms with Crippen LogP contribution in [0, 0.1) is 12.7 Å². The molecule has 1 aliphatic heterocycles. The molecule has 3 aromatic rings. The highest BCUT2D eigenvalue weighted by molar-refractivity contribution is 6.31. The van der Waals surface area contributed by atoms with Crippen molar-refractivity contribution in [1.29, 1.82) is 0 Å². The van der Waals surface area contributed by atoms with Crippen LogP contribution in [0.5, 0.6) is 5.75 Å². The summed E-state index contributed by atoms with van der Waals surface area (Å²) in [5.74, 6) is 0.855. The van der Waals surface area contributed by atoms with Gasteiger partial charge in [0.1, 0.15) is 29.4 Å². The molecule has 0 atom stereocenters. The van der Waals surface area contributed by atoms with Crippen molar-refractivity contribution in [2.75, 3.05) is 43.5 Å². The predicted octanol–water partition coefficient (Wildman–Crippen LogP) is 3.73. The van der Waals surface area contributed by atoms with Crippen molar-refractivity contribution < 1.29 is 13.9 Å². The molecule has 2 aromatic carbocycles. The second kappa shape index (κ2) is 8.81. The molecule has 0 radical (unpaired) electrons. The largest absolute Gasteiger partial charge is 0.494 e. The zero-order valence-corrected chi connectivity index (χ0v) is 17.9. The van der Waals surface area contributed by atoms with Crippen molar-refractivity contribution in [3.05, 3.63) is 59.4 Å². The molecule has 2 amide bonds. The Kier molecular flexibility index (Phi) is 5.94. The number of hydrogen-bond acceptors (Lipinski definition) is 5. The summed E-state index contributed by atoms with van der Waals surface area (Å²) in [6.45, 7) is 4.27. The fraction of sp³-hybridized carbons (Fsp3) is 0.286. The molecule has 8 nitrogen and oxygen atoms in total. The van der Waals surface area contributed by atoms with E-state index in [1.165, 1.54) is 18.2 Å². The first kappa shape index (κ1) is 20.9. The normalized spacial score (nSPS) is 13.9. The number of halogens is 2. The summed E-state index contributed by atoms with van der Waals surface area (Å²) in [5, 5.41) is 7.07. The van der Waals surface area contributed by atoms with Gasteiger partial charge >= 0.3 is 6.03 Å². The molecule has 0 bridgehead atoms. The molecule has 0 aliphatic carbocycles. The van der Waals surface area contributed by atoms with Crippen LogP contribution in [0.2, 0.25) is 5.02 Å². The Morgan fingerprint density at radius 1 is 1.16 bits per heavy atom. The number of urea groups is 1. The van der Waals surface area contributed by atoms with Crippen molar-refractivity contribution >= 4 is 29.0 Å². The van der Waals surface area contributed by atoms with E-state index >= 15 is 0 Å². The minimum Gasteiger partial charge on any atom is -0.494 e. The maximum atomic E-state index is 13.3. The van der Waals surface area contributed by atoms with Gasteiger partial charge in [0.05, 0.1) is 12.1 Å². The number of methoxy groups -OCH3 is 1. The first-order valence-corrected chi connectivity index (χ1v) is 10.1. The van der Waals surface area contributed by atoms with E-state index in [1.54, 1.807) is 23.0 Å². The van der Waals surface area contributed by atoms with Crippen molar-refractivity contribution in [3.8, 4) is 11.4 Å². The van der Waals surface area contributed by atoms with Gasteiger partial charge in [0.25, 0.3) is 0 Å². The second-order valence-electron chi connectivity index (χ2n) is 7.13. The number of hydrogen-bond donors (Lipinski definition) is 1.